The van der Waals surface area contributed by atoms with Crippen LogP contribution in [0.1, 0.15) is 233 Å². The highest BCUT2D eigenvalue weighted by atomic mass is 31.2. The molecule has 9 heteroatoms. The molecule has 0 amide bonds. The average Bonchev–Trinajstić information content (AvgIpc) is 3.10. The van der Waals surface area contributed by atoms with Crippen molar-refractivity contribution in [1.29, 1.82) is 0 Å². The van der Waals surface area contributed by atoms with Gasteiger partial charge < -0.3 is 14.4 Å². The van der Waals surface area contributed by atoms with Gasteiger partial charge in [0, 0.05) is 12.8 Å². The average molecular weight is 747 g/mol. The van der Waals surface area contributed by atoms with Gasteiger partial charge in [0.2, 0.25) is 0 Å². The number of phosphoric acid groups is 1. The Hall–Kier alpha value is -0.950. The van der Waals surface area contributed by atoms with Crippen LogP contribution in [0.4, 0.5) is 0 Å². The van der Waals surface area contributed by atoms with E-state index in [2.05, 4.69) is 13.8 Å². The van der Waals surface area contributed by atoms with E-state index in [9.17, 15) is 19.0 Å². The summed E-state index contributed by atoms with van der Waals surface area (Å²) < 4.78 is 32.6. The number of unbranched alkanes of at least 4 members (excludes halogenated alkanes) is 29. The normalized spacial score (nSPS) is 13.3. The van der Waals surface area contributed by atoms with E-state index in [1.807, 2.05) is 0 Å². The van der Waals surface area contributed by atoms with Crippen LogP contribution < -0.4 is 0 Å². The van der Waals surface area contributed by atoms with E-state index >= 15 is 0 Å². The number of carbonyl (C=O) groups excluding carboxylic acids is 2. The Balaban J connectivity index is 4.01. The van der Waals surface area contributed by atoms with E-state index < -0.39 is 19.9 Å². The summed E-state index contributed by atoms with van der Waals surface area (Å²) in [4.78, 5) is 34.7. The van der Waals surface area contributed by atoms with Gasteiger partial charge in [0.25, 0.3) is 0 Å². The first-order valence-corrected chi connectivity index (χ1v) is 23.3. The number of phosphoric ester groups is 1. The second-order valence-electron chi connectivity index (χ2n) is 14.7. The monoisotopic (exact) mass is 747 g/mol. The van der Waals surface area contributed by atoms with Crippen LogP contribution in [0.2, 0.25) is 0 Å². The van der Waals surface area contributed by atoms with Crippen LogP contribution in [0.25, 0.3) is 0 Å². The molecule has 0 spiro atoms. The van der Waals surface area contributed by atoms with Gasteiger partial charge in [-0.1, -0.05) is 200 Å². The molecule has 0 radical (unpaired) electrons. The Morgan fingerprint density at radius 1 is 0.451 bits per heavy atom. The highest BCUT2D eigenvalue weighted by Gasteiger charge is 2.25. The van der Waals surface area contributed by atoms with Gasteiger partial charge in [-0.15, -0.1) is 0 Å². The first-order chi connectivity index (χ1) is 24.8. The first-order valence-electron chi connectivity index (χ1n) is 21.8. The van der Waals surface area contributed by atoms with E-state index in [1.54, 1.807) is 6.92 Å². The van der Waals surface area contributed by atoms with Gasteiger partial charge in [0.15, 0.2) is 6.10 Å². The highest BCUT2D eigenvalue weighted by molar-refractivity contribution is 7.47. The number of ether oxygens (including phenoxy) is 2. The molecular weight excluding hydrogens is 663 g/mol. The molecular formula is C42H83O8P. The fraction of sp³-hybridized carbons (Fsp3) is 0.952. The fourth-order valence-electron chi connectivity index (χ4n) is 6.45. The van der Waals surface area contributed by atoms with Crippen LogP contribution >= 0.6 is 7.82 Å². The summed E-state index contributed by atoms with van der Waals surface area (Å²) in [7, 11) is -4.27. The second kappa shape index (κ2) is 38.8. The number of hydrogen-bond donors (Lipinski definition) is 1. The summed E-state index contributed by atoms with van der Waals surface area (Å²) in [6, 6.07) is 0. The summed E-state index contributed by atoms with van der Waals surface area (Å²) in [5, 5.41) is 0. The third kappa shape index (κ3) is 38.6. The quantitative estimate of drug-likeness (QED) is 0.0374. The molecule has 8 nitrogen and oxygen atoms in total. The van der Waals surface area contributed by atoms with Crippen molar-refractivity contribution in [3.05, 3.63) is 0 Å². The number of esters is 2. The van der Waals surface area contributed by atoms with Crippen molar-refractivity contribution < 1.29 is 37.6 Å². The van der Waals surface area contributed by atoms with Gasteiger partial charge >= 0.3 is 19.8 Å². The smallest absolute Gasteiger partial charge is 0.462 e. The van der Waals surface area contributed by atoms with E-state index in [0.29, 0.717) is 6.42 Å². The maximum Gasteiger partial charge on any atom is 0.472 e. The van der Waals surface area contributed by atoms with Crippen LogP contribution in [0.3, 0.4) is 0 Å². The van der Waals surface area contributed by atoms with Gasteiger partial charge in [0.05, 0.1) is 13.2 Å². The summed E-state index contributed by atoms with van der Waals surface area (Å²) in [6.45, 7) is 5.52. The molecule has 0 bridgehead atoms. The van der Waals surface area contributed by atoms with Crippen molar-refractivity contribution in [1.82, 2.24) is 0 Å². The highest BCUT2D eigenvalue weighted by Crippen LogP contribution is 2.43. The number of carbonyl (C=O) groups is 2. The molecule has 0 aliphatic heterocycles. The topological polar surface area (TPSA) is 108 Å². The van der Waals surface area contributed by atoms with Gasteiger partial charge in [-0.05, 0) is 19.8 Å². The summed E-state index contributed by atoms with van der Waals surface area (Å²) in [6.07, 6.45) is 38.7. The van der Waals surface area contributed by atoms with Gasteiger partial charge in [0.1, 0.15) is 6.61 Å². The van der Waals surface area contributed by atoms with Crippen LogP contribution in [-0.2, 0) is 32.7 Å². The molecule has 0 heterocycles. The Morgan fingerprint density at radius 3 is 1.10 bits per heavy atom. The SMILES string of the molecule is CCCCCCCCCCCCCCCCCCCCC(=O)OC(COC(=O)CCCCCCCCCCCCCCC)COP(=O)(O)OCC. The Morgan fingerprint density at radius 2 is 0.765 bits per heavy atom. The lowest BCUT2D eigenvalue weighted by atomic mass is 10.0. The number of hydrogen-bond acceptors (Lipinski definition) is 7. The maximum absolute atomic E-state index is 12.5. The van der Waals surface area contributed by atoms with E-state index in [1.165, 1.54) is 161 Å². The van der Waals surface area contributed by atoms with Crippen molar-refractivity contribution in [2.45, 2.75) is 239 Å². The summed E-state index contributed by atoms with van der Waals surface area (Å²) in [5.41, 5.74) is 0. The van der Waals surface area contributed by atoms with Crippen molar-refractivity contribution in [2.75, 3.05) is 19.8 Å². The lowest BCUT2D eigenvalue weighted by Crippen LogP contribution is -2.29. The Kier molecular flexibility index (Phi) is 38.0. The van der Waals surface area contributed by atoms with Crippen LogP contribution in [0.15, 0.2) is 0 Å². The van der Waals surface area contributed by atoms with Crippen LogP contribution in [-0.4, -0.2) is 42.8 Å². The first kappa shape index (κ1) is 50.1. The zero-order valence-corrected chi connectivity index (χ0v) is 34.7. The zero-order chi connectivity index (χ0) is 37.5. The molecule has 0 aliphatic rings. The van der Waals surface area contributed by atoms with Crippen molar-refractivity contribution in [3.8, 4) is 0 Å². The molecule has 0 aromatic rings. The molecule has 51 heavy (non-hydrogen) atoms. The third-order valence-electron chi connectivity index (χ3n) is 9.66. The number of rotatable bonds is 41. The molecule has 0 aromatic carbocycles. The standard InChI is InChI=1S/C42H83O8P/c1-4-7-9-11-13-15-17-19-20-21-22-23-25-27-29-31-33-35-37-42(44)50-40(39-49-51(45,46)48-6-3)38-47-41(43)36-34-32-30-28-26-24-18-16-14-12-10-8-5-2/h40H,4-39H2,1-3H3,(H,45,46). The minimum absolute atomic E-state index is 0.00565. The molecule has 0 fully saturated rings. The molecule has 304 valence electrons. The molecule has 0 saturated heterocycles. The molecule has 0 aliphatic carbocycles. The Labute approximate surface area is 315 Å². The zero-order valence-electron chi connectivity index (χ0n) is 33.8. The van der Waals surface area contributed by atoms with E-state index in [4.69, 9.17) is 18.5 Å². The molecule has 2 unspecified atom stereocenters. The lowest BCUT2D eigenvalue weighted by molar-refractivity contribution is -0.161. The van der Waals surface area contributed by atoms with E-state index in [0.717, 1.165) is 38.5 Å². The molecule has 1 N–H and O–H groups in total. The second-order valence-corrected chi connectivity index (χ2v) is 16.2. The van der Waals surface area contributed by atoms with Crippen molar-refractivity contribution in [3.63, 3.8) is 0 Å². The summed E-state index contributed by atoms with van der Waals surface area (Å²) in [5.74, 6) is -0.781. The van der Waals surface area contributed by atoms with Gasteiger partial charge in [-0.25, -0.2) is 4.57 Å². The lowest BCUT2D eigenvalue weighted by Gasteiger charge is -2.19. The van der Waals surface area contributed by atoms with E-state index in [-0.39, 0.29) is 32.2 Å². The van der Waals surface area contributed by atoms with Crippen LogP contribution in [0.5, 0.6) is 0 Å². The maximum atomic E-state index is 12.5. The molecule has 2 atom stereocenters. The molecule has 0 saturated carbocycles. The minimum Gasteiger partial charge on any atom is -0.462 e. The molecule has 0 rings (SSSR count). The van der Waals surface area contributed by atoms with Crippen molar-refractivity contribution in [2.24, 2.45) is 0 Å². The minimum atomic E-state index is -4.27. The van der Waals surface area contributed by atoms with Gasteiger partial charge in [-0.3, -0.25) is 18.6 Å². The van der Waals surface area contributed by atoms with Crippen molar-refractivity contribution >= 4 is 19.8 Å². The van der Waals surface area contributed by atoms with Gasteiger partial charge in [-0.2, -0.15) is 0 Å². The van der Waals surface area contributed by atoms with Crippen LogP contribution in [0, 0.1) is 0 Å². The third-order valence-corrected chi connectivity index (χ3v) is 10.7. The summed E-state index contributed by atoms with van der Waals surface area (Å²) >= 11 is 0. The largest absolute Gasteiger partial charge is 0.472 e. The predicted octanol–water partition coefficient (Wildman–Crippen LogP) is 13.5. The fourth-order valence-corrected chi connectivity index (χ4v) is 7.21. The molecule has 0 aromatic heterocycles. The predicted molar refractivity (Wildman–Crippen MR) is 212 cm³/mol. The Bertz CT molecular complexity index is 808.